The third-order valence-electron chi connectivity index (χ3n) is 2.53. The van der Waals surface area contributed by atoms with Crippen LogP contribution in [0.2, 0.25) is 0 Å². The van der Waals surface area contributed by atoms with Crippen LogP contribution >= 0.6 is 0 Å². The number of amides is 1. The zero-order valence-corrected chi connectivity index (χ0v) is 11.8. The van der Waals surface area contributed by atoms with Crippen LogP contribution in [-0.2, 0) is 19.4 Å². The van der Waals surface area contributed by atoms with Gasteiger partial charge in [-0.2, -0.15) is 0 Å². The molecule has 0 aliphatic heterocycles. The molecule has 0 aliphatic rings. The highest BCUT2D eigenvalue weighted by atomic mass is 32.2. The normalized spacial score (nSPS) is 13.3. The Labute approximate surface area is 108 Å². The van der Waals surface area contributed by atoms with Crippen molar-refractivity contribution < 1.29 is 23.1 Å². The molecule has 1 unspecified atom stereocenters. The molecule has 0 heterocycles. The number of carboxylic acids is 1. The van der Waals surface area contributed by atoms with Crippen LogP contribution in [0, 0.1) is 5.92 Å². The van der Waals surface area contributed by atoms with Gasteiger partial charge in [-0.1, -0.05) is 13.8 Å². The van der Waals surface area contributed by atoms with E-state index < -0.39 is 39.1 Å². The van der Waals surface area contributed by atoms with Crippen LogP contribution in [-0.4, -0.2) is 42.9 Å². The van der Waals surface area contributed by atoms with E-state index in [0.717, 1.165) is 6.42 Å². The van der Waals surface area contributed by atoms with Crippen LogP contribution in [0.4, 0.5) is 0 Å². The summed E-state index contributed by atoms with van der Waals surface area (Å²) >= 11 is 0. The molecule has 1 amide bonds. The van der Waals surface area contributed by atoms with Gasteiger partial charge in [0, 0.05) is 6.54 Å². The molecule has 7 heteroatoms. The zero-order valence-electron chi connectivity index (χ0n) is 11.0. The standard InChI is InChI=1S/C11H21NO5S/c1-8(2)4-6-12-11(15)9(3)18(16,17)7-5-10(13)14/h8-9H,4-7H2,1-3H3,(H,12,15)(H,13,14). The molecule has 106 valence electrons. The highest BCUT2D eigenvalue weighted by Crippen LogP contribution is 2.05. The topological polar surface area (TPSA) is 101 Å². The first kappa shape index (κ1) is 16.9. The van der Waals surface area contributed by atoms with Gasteiger partial charge in [-0.3, -0.25) is 9.59 Å². The van der Waals surface area contributed by atoms with Gasteiger partial charge < -0.3 is 10.4 Å². The summed E-state index contributed by atoms with van der Waals surface area (Å²) in [6.07, 6.45) is 0.291. The lowest BCUT2D eigenvalue weighted by atomic mass is 10.1. The molecule has 6 nitrogen and oxygen atoms in total. The Morgan fingerprint density at radius 3 is 2.22 bits per heavy atom. The Balaban J connectivity index is 4.30. The van der Waals surface area contributed by atoms with E-state index in [1.54, 1.807) is 0 Å². The lowest BCUT2D eigenvalue weighted by molar-refractivity contribution is -0.136. The zero-order chi connectivity index (χ0) is 14.3. The van der Waals surface area contributed by atoms with E-state index >= 15 is 0 Å². The molecule has 0 rings (SSSR count). The summed E-state index contributed by atoms with van der Waals surface area (Å²) in [7, 11) is -3.70. The van der Waals surface area contributed by atoms with Crippen molar-refractivity contribution in [2.45, 2.75) is 38.9 Å². The second kappa shape index (κ2) is 7.35. The highest BCUT2D eigenvalue weighted by Gasteiger charge is 2.28. The average Bonchev–Trinajstić information content (AvgIpc) is 2.24. The van der Waals surface area contributed by atoms with Crippen LogP contribution in [0.15, 0.2) is 0 Å². The van der Waals surface area contributed by atoms with E-state index in [4.69, 9.17) is 5.11 Å². The lowest BCUT2D eigenvalue weighted by Gasteiger charge is -2.13. The molecule has 0 saturated heterocycles. The van der Waals surface area contributed by atoms with Crippen molar-refractivity contribution in [3.8, 4) is 0 Å². The summed E-state index contributed by atoms with van der Waals surface area (Å²) in [5.74, 6) is -1.85. The van der Waals surface area contributed by atoms with Crippen LogP contribution < -0.4 is 5.32 Å². The van der Waals surface area contributed by atoms with E-state index in [9.17, 15) is 18.0 Å². The second-order valence-electron chi connectivity index (χ2n) is 4.63. The molecule has 0 bridgehead atoms. The average molecular weight is 279 g/mol. The van der Waals surface area contributed by atoms with Gasteiger partial charge in [0.1, 0.15) is 5.25 Å². The highest BCUT2D eigenvalue weighted by molar-refractivity contribution is 7.92. The summed E-state index contributed by atoms with van der Waals surface area (Å²) in [6, 6.07) is 0. The van der Waals surface area contributed by atoms with Gasteiger partial charge in [-0.05, 0) is 19.3 Å². The molecule has 0 aromatic rings. The third kappa shape index (κ3) is 6.58. The number of hydrogen-bond donors (Lipinski definition) is 2. The van der Waals surface area contributed by atoms with Crippen LogP contribution in [0.1, 0.15) is 33.6 Å². The Bertz CT molecular complexity index is 388. The monoisotopic (exact) mass is 279 g/mol. The number of aliphatic carboxylic acids is 1. The first-order valence-electron chi connectivity index (χ1n) is 5.88. The Morgan fingerprint density at radius 1 is 1.22 bits per heavy atom. The predicted molar refractivity (Wildman–Crippen MR) is 68.0 cm³/mol. The second-order valence-corrected chi connectivity index (χ2v) is 7.07. The molecule has 0 fully saturated rings. The smallest absolute Gasteiger partial charge is 0.304 e. The van der Waals surface area contributed by atoms with Gasteiger partial charge >= 0.3 is 5.97 Å². The summed E-state index contributed by atoms with van der Waals surface area (Å²) in [6.45, 7) is 5.70. The number of hydrogen-bond acceptors (Lipinski definition) is 4. The molecule has 18 heavy (non-hydrogen) atoms. The fourth-order valence-corrected chi connectivity index (χ4v) is 2.42. The van der Waals surface area contributed by atoms with Crippen molar-refractivity contribution in [3.63, 3.8) is 0 Å². The van der Waals surface area contributed by atoms with E-state index in [-0.39, 0.29) is 0 Å². The minimum atomic E-state index is -3.70. The van der Waals surface area contributed by atoms with Crippen LogP contribution in [0.3, 0.4) is 0 Å². The van der Waals surface area contributed by atoms with E-state index in [1.165, 1.54) is 6.92 Å². The number of sulfone groups is 1. The largest absolute Gasteiger partial charge is 0.481 e. The van der Waals surface area contributed by atoms with Gasteiger partial charge in [-0.15, -0.1) is 0 Å². The molecule has 0 aromatic carbocycles. The van der Waals surface area contributed by atoms with E-state index in [2.05, 4.69) is 5.32 Å². The Kier molecular flexibility index (Phi) is 6.90. The quantitative estimate of drug-likeness (QED) is 0.671. The fraction of sp³-hybridized carbons (Fsp3) is 0.818. The first-order chi connectivity index (χ1) is 8.16. The molecular formula is C11H21NO5S. The third-order valence-corrected chi connectivity index (χ3v) is 4.59. The molecule has 0 aliphatic carbocycles. The first-order valence-corrected chi connectivity index (χ1v) is 7.59. The molecule has 1 atom stereocenters. The molecule has 0 radical (unpaired) electrons. The maximum absolute atomic E-state index is 11.6. The predicted octanol–water partition coefficient (Wildman–Crippen LogP) is 0.427. The van der Waals surface area contributed by atoms with Crippen LogP contribution in [0.5, 0.6) is 0 Å². The van der Waals surface area contributed by atoms with E-state index in [0.29, 0.717) is 12.5 Å². The van der Waals surface area contributed by atoms with Crippen molar-refractivity contribution in [1.29, 1.82) is 0 Å². The molecule has 2 N–H and O–H groups in total. The minimum absolute atomic E-state index is 0.421. The van der Waals surface area contributed by atoms with Gasteiger partial charge in [0.05, 0.1) is 12.2 Å². The summed E-state index contributed by atoms with van der Waals surface area (Å²) < 4.78 is 23.3. The summed E-state index contributed by atoms with van der Waals surface area (Å²) in [5, 5.41) is 9.77. The van der Waals surface area contributed by atoms with Crippen LogP contribution in [0.25, 0.3) is 0 Å². The number of carbonyl (C=O) groups is 2. The maximum atomic E-state index is 11.6. The fourth-order valence-electron chi connectivity index (χ4n) is 1.20. The van der Waals surface area contributed by atoms with Crippen molar-refractivity contribution in [2.75, 3.05) is 12.3 Å². The lowest BCUT2D eigenvalue weighted by Crippen LogP contribution is -2.39. The van der Waals surface area contributed by atoms with Gasteiger partial charge in [0.15, 0.2) is 9.84 Å². The van der Waals surface area contributed by atoms with Crippen molar-refractivity contribution in [1.82, 2.24) is 5.32 Å². The number of rotatable bonds is 8. The molecule has 0 spiro atoms. The Hall–Kier alpha value is -1.11. The molecule has 0 aromatic heterocycles. The SMILES string of the molecule is CC(C)CCNC(=O)C(C)S(=O)(=O)CCC(=O)O. The Morgan fingerprint density at radius 2 is 1.78 bits per heavy atom. The van der Waals surface area contributed by atoms with E-state index in [1.807, 2.05) is 13.8 Å². The van der Waals surface area contributed by atoms with Crippen molar-refractivity contribution in [3.05, 3.63) is 0 Å². The van der Waals surface area contributed by atoms with Crippen molar-refractivity contribution in [2.24, 2.45) is 5.92 Å². The summed E-state index contributed by atoms with van der Waals surface area (Å²) in [4.78, 5) is 21.9. The maximum Gasteiger partial charge on any atom is 0.304 e. The van der Waals surface area contributed by atoms with Gasteiger partial charge in [0.2, 0.25) is 5.91 Å². The van der Waals surface area contributed by atoms with Gasteiger partial charge in [0.25, 0.3) is 0 Å². The molecule has 0 saturated carbocycles. The number of nitrogens with one attached hydrogen (secondary N) is 1. The molecular weight excluding hydrogens is 258 g/mol. The van der Waals surface area contributed by atoms with Crippen molar-refractivity contribution >= 4 is 21.7 Å². The minimum Gasteiger partial charge on any atom is -0.481 e. The number of carboxylic acid groups (broad SMARTS) is 1. The van der Waals surface area contributed by atoms with Gasteiger partial charge in [-0.25, -0.2) is 8.42 Å². The number of carbonyl (C=O) groups excluding carboxylic acids is 1. The summed E-state index contributed by atoms with van der Waals surface area (Å²) in [5.41, 5.74) is 0.